The van der Waals surface area contributed by atoms with Crippen LogP contribution in [-0.4, -0.2) is 28.4 Å². The van der Waals surface area contributed by atoms with Crippen LogP contribution in [0.2, 0.25) is 0 Å². The van der Waals surface area contributed by atoms with Crippen molar-refractivity contribution in [2.45, 2.75) is 26.7 Å². The molecule has 84 valence electrons. The third kappa shape index (κ3) is 3.78. The first-order valence-corrected chi connectivity index (χ1v) is 6.50. The molecule has 1 heterocycles. The van der Waals surface area contributed by atoms with E-state index in [9.17, 15) is 0 Å². The maximum Gasteiger partial charge on any atom is 0.150 e. The highest BCUT2D eigenvalue weighted by molar-refractivity contribution is 9.09. The minimum Gasteiger partial charge on any atom is -0.354 e. The van der Waals surface area contributed by atoms with Gasteiger partial charge in [-0.25, -0.2) is 4.98 Å². The summed E-state index contributed by atoms with van der Waals surface area (Å²) in [5, 5.41) is 0.965. The number of nitrogens with zero attached hydrogens (tertiary/aromatic N) is 3. The monoisotopic (exact) mass is 271 g/mol. The van der Waals surface area contributed by atoms with Crippen LogP contribution in [0.4, 0.5) is 5.82 Å². The fourth-order valence-corrected chi connectivity index (χ4v) is 1.91. The molecule has 1 aromatic heterocycles. The molecule has 15 heavy (non-hydrogen) atoms. The number of aryl methyl sites for hydroxylation is 1. The molecule has 3 nitrogen and oxygen atoms in total. The molecule has 0 spiro atoms. The van der Waals surface area contributed by atoms with Gasteiger partial charge in [0.25, 0.3) is 0 Å². The zero-order valence-corrected chi connectivity index (χ0v) is 11.0. The Balaban J connectivity index is 2.74. The lowest BCUT2D eigenvalue weighted by Crippen LogP contribution is -2.28. The summed E-state index contributed by atoms with van der Waals surface area (Å²) in [6.45, 7) is 6.26. The third-order valence-corrected chi connectivity index (χ3v) is 2.65. The molecule has 4 heteroatoms. The molecule has 1 aromatic rings. The predicted molar refractivity (Wildman–Crippen MR) is 67.7 cm³/mol. The van der Waals surface area contributed by atoms with Gasteiger partial charge >= 0.3 is 0 Å². The molecular formula is C11H18BrN3. The molecule has 0 saturated heterocycles. The lowest BCUT2D eigenvalue weighted by atomic mass is 10.3. The van der Waals surface area contributed by atoms with Gasteiger partial charge in [-0.3, -0.25) is 4.98 Å². The van der Waals surface area contributed by atoms with Crippen LogP contribution in [0.3, 0.4) is 0 Å². The van der Waals surface area contributed by atoms with Crippen molar-refractivity contribution in [2.75, 3.05) is 23.3 Å². The number of rotatable bonds is 6. The zero-order chi connectivity index (χ0) is 11.1. The van der Waals surface area contributed by atoms with Gasteiger partial charge in [-0.2, -0.15) is 0 Å². The molecule has 0 bridgehead atoms. The van der Waals surface area contributed by atoms with E-state index in [1.54, 1.807) is 12.4 Å². The van der Waals surface area contributed by atoms with Crippen molar-refractivity contribution in [3.63, 3.8) is 0 Å². The Bertz CT molecular complexity index is 291. The van der Waals surface area contributed by atoms with Crippen LogP contribution >= 0.6 is 15.9 Å². The van der Waals surface area contributed by atoms with Gasteiger partial charge in [-0.15, -0.1) is 0 Å². The highest BCUT2D eigenvalue weighted by atomic mass is 79.9. The Hall–Kier alpha value is -0.640. The highest BCUT2D eigenvalue weighted by Gasteiger charge is 2.09. The van der Waals surface area contributed by atoms with Gasteiger partial charge in [0.15, 0.2) is 0 Å². The molecule has 0 saturated carbocycles. The fraction of sp³-hybridized carbons (Fsp3) is 0.636. The van der Waals surface area contributed by atoms with Crippen LogP contribution in [0.25, 0.3) is 0 Å². The highest BCUT2D eigenvalue weighted by Crippen LogP contribution is 2.14. The maximum absolute atomic E-state index is 4.39. The van der Waals surface area contributed by atoms with Gasteiger partial charge in [0.2, 0.25) is 0 Å². The quantitative estimate of drug-likeness (QED) is 0.746. The minimum atomic E-state index is 0.965. The summed E-state index contributed by atoms with van der Waals surface area (Å²) < 4.78 is 0. The van der Waals surface area contributed by atoms with Gasteiger partial charge in [0.1, 0.15) is 5.82 Å². The number of hydrogen-bond acceptors (Lipinski definition) is 3. The maximum atomic E-state index is 4.39. The van der Waals surface area contributed by atoms with Crippen LogP contribution in [-0.2, 0) is 0 Å². The van der Waals surface area contributed by atoms with Crippen molar-refractivity contribution >= 4 is 21.7 Å². The average Bonchev–Trinajstić information content (AvgIpc) is 2.25. The Morgan fingerprint density at radius 3 is 2.60 bits per heavy atom. The van der Waals surface area contributed by atoms with E-state index in [2.05, 4.69) is 37.7 Å². The van der Waals surface area contributed by atoms with Crippen molar-refractivity contribution in [2.24, 2.45) is 0 Å². The molecule has 0 unspecified atom stereocenters. The topological polar surface area (TPSA) is 29.0 Å². The second-order valence-corrected chi connectivity index (χ2v) is 4.29. The molecular weight excluding hydrogens is 254 g/mol. The molecule has 0 aromatic carbocycles. The zero-order valence-electron chi connectivity index (χ0n) is 9.41. The summed E-state index contributed by atoms with van der Waals surface area (Å²) in [7, 11) is 0. The molecule has 0 fully saturated rings. The molecule has 0 aliphatic heterocycles. The lowest BCUT2D eigenvalue weighted by molar-refractivity contribution is 0.722. The van der Waals surface area contributed by atoms with Gasteiger partial charge in [-0.05, 0) is 13.3 Å². The first kappa shape index (κ1) is 12.4. The van der Waals surface area contributed by atoms with Crippen LogP contribution in [0.1, 0.15) is 25.5 Å². The minimum absolute atomic E-state index is 0.965. The van der Waals surface area contributed by atoms with E-state index in [4.69, 9.17) is 0 Å². The first-order valence-electron chi connectivity index (χ1n) is 5.38. The van der Waals surface area contributed by atoms with E-state index in [1.807, 2.05) is 6.92 Å². The smallest absolute Gasteiger partial charge is 0.150 e. The van der Waals surface area contributed by atoms with E-state index in [0.717, 1.165) is 29.9 Å². The van der Waals surface area contributed by atoms with Crippen molar-refractivity contribution < 1.29 is 0 Å². The normalized spacial score (nSPS) is 10.3. The Morgan fingerprint density at radius 1 is 1.27 bits per heavy atom. The number of halogens is 1. The van der Waals surface area contributed by atoms with Crippen molar-refractivity contribution in [3.05, 3.63) is 18.1 Å². The van der Waals surface area contributed by atoms with Gasteiger partial charge in [-0.1, -0.05) is 29.3 Å². The third-order valence-electron chi connectivity index (χ3n) is 2.29. The van der Waals surface area contributed by atoms with Crippen LogP contribution in [0, 0.1) is 6.92 Å². The fourth-order valence-electron chi connectivity index (χ4n) is 1.49. The van der Waals surface area contributed by atoms with E-state index >= 15 is 0 Å². The van der Waals surface area contributed by atoms with Gasteiger partial charge in [0, 0.05) is 30.8 Å². The predicted octanol–water partition coefficient (Wildman–Crippen LogP) is 2.79. The summed E-state index contributed by atoms with van der Waals surface area (Å²) in [5.74, 6) is 1.02. The largest absolute Gasteiger partial charge is 0.354 e. The summed E-state index contributed by atoms with van der Waals surface area (Å²) in [6, 6.07) is 0. The van der Waals surface area contributed by atoms with Crippen molar-refractivity contribution in [1.29, 1.82) is 0 Å². The van der Waals surface area contributed by atoms with Crippen molar-refractivity contribution in [1.82, 2.24) is 9.97 Å². The Labute approximate surface area is 100 Å². The lowest BCUT2D eigenvalue weighted by Gasteiger charge is -2.23. The molecule has 0 aliphatic rings. The number of alkyl halides is 1. The standard InChI is InChI=1S/C11H18BrN3/c1-3-4-8-15(9-5-12)11-10(2)13-6-7-14-11/h6-7H,3-5,8-9H2,1-2H3. The number of anilines is 1. The van der Waals surface area contributed by atoms with E-state index in [1.165, 1.54) is 12.8 Å². The Morgan fingerprint density at radius 2 is 2.00 bits per heavy atom. The Kier molecular flexibility index (Phi) is 5.61. The van der Waals surface area contributed by atoms with Gasteiger partial charge in [0.05, 0.1) is 5.69 Å². The molecule has 0 radical (unpaired) electrons. The van der Waals surface area contributed by atoms with E-state index < -0.39 is 0 Å². The first-order chi connectivity index (χ1) is 7.29. The van der Waals surface area contributed by atoms with E-state index in [-0.39, 0.29) is 0 Å². The molecule has 0 N–H and O–H groups in total. The van der Waals surface area contributed by atoms with Crippen LogP contribution in [0.5, 0.6) is 0 Å². The molecule has 1 rings (SSSR count). The average molecular weight is 272 g/mol. The SMILES string of the molecule is CCCCN(CCBr)c1nccnc1C. The molecule has 0 aliphatic carbocycles. The second kappa shape index (κ2) is 6.77. The number of unbranched alkanes of at least 4 members (excludes halogenated alkanes) is 1. The number of hydrogen-bond donors (Lipinski definition) is 0. The summed E-state index contributed by atoms with van der Waals surface area (Å²) >= 11 is 3.47. The second-order valence-electron chi connectivity index (χ2n) is 3.49. The summed E-state index contributed by atoms with van der Waals surface area (Å²) in [5.41, 5.74) is 1.01. The summed E-state index contributed by atoms with van der Waals surface area (Å²) in [4.78, 5) is 11.0. The summed E-state index contributed by atoms with van der Waals surface area (Å²) in [6.07, 6.45) is 5.90. The van der Waals surface area contributed by atoms with Crippen molar-refractivity contribution in [3.8, 4) is 0 Å². The molecule has 0 amide bonds. The van der Waals surface area contributed by atoms with Gasteiger partial charge < -0.3 is 4.90 Å². The molecule has 0 atom stereocenters. The van der Waals surface area contributed by atoms with E-state index in [0.29, 0.717) is 0 Å². The number of aromatic nitrogens is 2. The van der Waals surface area contributed by atoms with Crippen LogP contribution < -0.4 is 4.90 Å². The van der Waals surface area contributed by atoms with Crippen LogP contribution in [0.15, 0.2) is 12.4 Å².